The second-order valence-electron chi connectivity index (χ2n) is 3.22. The van der Waals surface area contributed by atoms with Crippen molar-refractivity contribution in [3.05, 3.63) is 37.0 Å². The first kappa shape index (κ1) is 12.7. The molecule has 0 amide bonds. The molecule has 0 aliphatic carbocycles. The number of ether oxygens (including phenoxy) is 1. The number of hydrogen-bond donors (Lipinski definition) is 0. The Kier molecular flexibility index (Phi) is 6.46. The third-order valence-corrected chi connectivity index (χ3v) is 1.90. The van der Waals surface area contributed by atoms with Gasteiger partial charge in [0.25, 0.3) is 0 Å². The Morgan fingerprint density at radius 2 is 2.00 bits per heavy atom. The van der Waals surface area contributed by atoms with Crippen molar-refractivity contribution in [2.24, 2.45) is 0 Å². The summed E-state index contributed by atoms with van der Waals surface area (Å²) in [6, 6.07) is 0. The number of hydrogen-bond acceptors (Lipinski definition) is 2. The van der Waals surface area contributed by atoms with Gasteiger partial charge in [0, 0.05) is 6.42 Å². The lowest BCUT2D eigenvalue weighted by molar-refractivity contribution is -0.140. The van der Waals surface area contributed by atoms with Crippen LogP contribution in [0.15, 0.2) is 37.0 Å². The van der Waals surface area contributed by atoms with E-state index in [2.05, 4.69) is 24.5 Å². The Morgan fingerprint density at radius 3 is 2.50 bits per heavy atom. The van der Waals surface area contributed by atoms with Crippen LogP contribution in [-0.2, 0) is 9.53 Å². The van der Waals surface area contributed by atoms with Gasteiger partial charge in [0.1, 0.15) is 0 Å². The highest BCUT2D eigenvalue weighted by atomic mass is 16.5. The predicted molar refractivity (Wildman–Crippen MR) is 59.0 cm³/mol. The summed E-state index contributed by atoms with van der Waals surface area (Å²) in [6.45, 7) is 11.3. The highest BCUT2D eigenvalue weighted by Gasteiger charge is 2.01. The minimum Gasteiger partial charge on any atom is -0.469 e. The maximum absolute atomic E-state index is 10.8. The van der Waals surface area contributed by atoms with Crippen LogP contribution in [0.2, 0.25) is 0 Å². The first-order chi connectivity index (χ1) is 6.60. The Hall–Kier alpha value is -1.31. The fraction of sp³-hybridized carbons (Fsp3) is 0.417. The Bertz CT molecular complexity index is 239. The molecule has 14 heavy (non-hydrogen) atoms. The molecule has 0 radical (unpaired) electrons. The van der Waals surface area contributed by atoms with E-state index >= 15 is 0 Å². The third-order valence-electron chi connectivity index (χ3n) is 1.90. The molecule has 0 aliphatic heterocycles. The van der Waals surface area contributed by atoms with Crippen molar-refractivity contribution in [1.29, 1.82) is 0 Å². The lowest BCUT2D eigenvalue weighted by Crippen LogP contribution is -1.99. The lowest BCUT2D eigenvalue weighted by atomic mass is 10.0. The number of methoxy groups -OCH3 is 1. The molecule has 0 aromatic heterocycles. The molecule has 0 fully saturated rings. The Labute approximate surface area is 86.0 Å². The van der Waals surface area contributed by atoms with Crippen LogP contribution in [0.3, 0.4) is 0 Å². The van der Waals surface area contributed by atoms with Gasteiger partial charge in [-0.25, -0.2) is 0 Å². The van der Waals surface area contributed by atoms with Crippen molar-refractivity contribution in [1.82, 2.24) is 0 Å². The quantitative estimate of drug-likeness (QED) is 0.354. The van der Waals surface area contributed by atoms with Gasteiger partial charge in [0.2, 0.25) is 0 Å². The fourth-order valence-corrected chi connectivity index (χ4v) is 1.07. The van der Waals surface area contributed by atoms with Crippen molar-refractivity contribution in [3.63, 3.8) is 0 Å². The van der Waals surface area contributed by atoms with E-state index in [1.54, 1.807) is 6.08 Å². The van der Waals surface area contributed by atoms with E-state index in [-0.39, 0.29) is 5.97 Å². The van der Waals surface area contributed by atoms with Crippen molar-refractivity contribution in [2.75, 3.05) is 7.11 Å². The van der Waals surface area contributed by atoms with Crippen LogP contribution in [0, 0.1) is 0 Å². The smallest absolute Gasteiger partial charge is 0.305 e. The molecule has 0 saturated heterocycles. The molecule has 0 heterocycles. The maximum Gasteiger partial charge on any atom is 0.305 e. The molecule has 0 saturated carbocycles. The van der Waals surface area contributed by atoms with Gasteiger partial charge in [-0.15, -0.1) is 0 Å². The van der Waals surface area contributed by atoms with Gasteiger partial charge < -0.3 is 4.74 Å². The topological polar surface area (TPSA) is 26.3 Å². The first-order valence-electron chi connectivity index (χ1n) is 4.63. The second-order valence-corrected chi connectivity index (χ2v) is 3.22. The van der Waals surface area contributed by atoms with Crippen LogP contribution >= 0.6 is 0 Å². The molecular formula is C12H18O2. The largest absolute Gasteiger partial charge is 0.469 e. The summed E-state index contributed by atoms with van der Waals surface area (Å²) in [5.41, 5.74) is 2.05. The van der Waals surface area contributed by atoms with E-state index in [9.17, 15) is 4.79 Å². The van der Waals surface area contributed by atoms with Gasteiger partial charge >= 0.3 is 5.97 Å². The monoisotopic (exact) mass is 194 g/mol. The average molecular weight is 194 g/mol. The van der Waals surface area contributed by atoms with E-state index in [0.717, 1.165) is 30.4 Å². The van der Waals surface area contributed by atoms with Crippen LogP contribution < -0.4 is 0 Å². The van der Waals surface area contributed by atoms with Gasteiger partial charge in [-0.05, 0) is 19.3 Å². The molecule has 78 valence electrons. The van der Waals surface area contributed by atoms with E-state index in [4.69, 9.17) is 0 Å². The highest BCUT2D eigenvalue weighted by Crippen LogP contribution is 2.14. The van der Waals surface area contributed by atoms with Crippen molar-refractivity contribution < 1.29 is 9.53 Å². The van der Waals surface area contributed by atoms with E-state index in [1.807, 2.05) is 0 Å². The van der Waals surface area contributed by atoms with Crippen LogP contribution in [0.25, 0.3) is 0 Å². The maximum atomic E-state index is 10.8. The summed E-state index contributed by atoms with van der Waals surface area (Å²) in [5, 5.41) is 0. The van der Waals surface area contributed by atoms with Crippen LogP contribution in [0.1, 0.15) is 25.7 Å². The zero-order valence-corrected chi connectivity index (χ0v) is 8.84. The molecule has 0 aromatic rings. The molecule has 0 spiro atoms. The molecule has 0 aromatic carbocycles. The van der Waals surface area contributed by atoms with E-state index in [0.29, 0.717) is 6.42 Å². The SMILES string of the molecule is C=CC(=C)CC(=C)CCCC(=O)OC. The molecule has 0 N–H and O–H groups in total. The Morgan fingerprint density at radius 1 is 1.36 bits per heavy atom. The van der Waals surface area contributed by atoms with Crippen molar-refractivity contribution >= 4 is 5.97 Å². The molecule has 0 aliphatic rings. The van der Waals surface area contributed by atoms with Crippen molar-refractivity contribution in [3.8, 4) is 0 Å². The first-order valence-corrected chi connectivity index (χ1v) is 4.63. The molecule has 0 rings (SSSR count). The highest BCUT2D eigenvalue weighted by molar-refractivity contribution is 5.69. The molecule has 0 unspecified atom stereocenters. The molecule has 0 bridgehead atoms. The van der Waals surface area contributed by atoms with Gasteiger partial charge in [-0.3, -0.25) is 4.79 Å². The van der Waals surface area contributed by atoms with Gasteiger partial charge in [-0.2, -0.15) is 0 Å². The number of carbonyl (C=O) groups is 1. The normalized spacial score (nSPS) is 9.21. The molecule has 2 nitrogen and oxygen atoms in total. The molecule has 2 heteroatoms. The van der Waals surface area contributed by atoms with E-state index < -0.39 is 0 Å². The van der Waals surface area contributed by atoms with Crippen LogP contribution in [-0.4, -0.2) is 13.1 Å². The zero-order chi connectivity index (χ0) is 11.0. The molecular weight excluding hydrogens is 176 g/mol. The minimum absolute atomic E-state index is 0.166. The van der Waals surface area contributed by atoms with Crippen LogP contribution in [0.5, 0.6) is 0 Å². The summed E-state index contributed by atoms with van der Waals surface area (Å²) >= 11 is 0. The summed E-state index contributed by atoms with van der Waals surface area (Å²) in [6.07, 6.45) is 4.57. The third kappa shape index (κ3) is 6.23. The summed E-state index contributed by atoms with van der Waals surface area (Å²) in [4.78, 5) is 10.8. The van der Waals surface area contributed by atoms with E-state index in [1.165, 1.54) is 7.11 Å². The minimum atomic E-state index is -0.166. The molecule has 0 atom stereocenters. The number of rotatable bonds is 7. The van der Waals surface area contributed by atoms with Crippen molar-refractivity contribution in [2.45, 2.75) is 25.7 Å². The van der Waals surface area contributed by atoms with Crippen LogP contribution in [0.4, 0.5) is 0 Å². The summed E-state index contributed by atoms with van der Waals surface area (Å²) in [7, 11) is 1.40. The number of carbonyl (C=O) groups excluding carboxylic acids is 1. The lowest BCUT2D eigenvalue weighted by Gasteiger charge is -2.04. The predicted octanol–water partition coefficient (Wildman–Crippen LogP) is 3.02. The fourth-order valence-electron chi connectivity index (χ4n) is 1.07. The number of allylic oxidation sites excluding steroid dienone is 3. The van der Waals surface area contributed by atoms with Gasteiger partial charge in [0.05, 0.1) is 7.11 Å². The second kappa shape index (κ2) is 7.13. The zero-order valence-electron chi connectivity index (χ0n) is 8.84. The van der Waals surface area contributed by atoms with Gasteiger partial charge in [-0.1, -0.05) is 37.0 Å². The summed E-state index contributed by atoms with van der Waals surface area (Å²) in [5.74, 6) is -0.166. The summed E-state index contributed by atoms with van der Waals surface area (Å²) < 4.78 is 4.53. The standard InChI is InChI=1S/C12H18O2/c1-5-10(2)9-11(3)7-6-8-12(13)14-4/h5H,1-3,6-9H2,4H3. The number of esters is 1. The average Bonchev–Trinajstić information content (AvgIpc) is 2.17. The van der Waals surface area contributed by atoms with Gasteiger partial charge in [0.15, 0.2) is 0 Å². The Balaban J connectivity index is 3.59.